The summed E-state index contributed by atoms with van der Waals surface area (Å²) in [6.45, 7) is 7.32. The van der Waals surface area contributed by atoms with E-state index in [2.05, 4.69) is 40.2 Å². The normalized spacial score (nSPS) is 15.0. The number of carbonyl (C=O) groups is 1. The molecule has 30 heavy (non-hydrogen) atoms. The van der Waals surface area contributed by atoms with Gasteiger partial charge in [-0.3, -0.25) is 9.69 Å². The molecule has 4 rings (SSSR count). The summed E-state index contributed by atoms with van der Waals surface area (Å²) in [5, 5.41) is 4.95. The molecule has 158 valence electrons. The van der Waals surface area contributed by atoms with Crippen LogP contribution in [0.2, 0.25) is 10.0 Å². The average Bonchev–Trinajstić information content (AvgIpc) is 3.19. The van der Waals surface area contributed by atoms with Crippen LogP contribution < -0.4 is 10.2 Å². The zero-order valence-corrected chi connectivity index (χ0v) is 19.2. The maximum absolute atomic E-state index is 12.3. The van der Waals surface area contributed by atoms with Crippen molar-refractivity contribution < 1.29 is 4.79 Å². The van der Waals surface area contributed by atoms with Crippen LogP contribution in [0.3, 0.4) is 0 Å². The van der Waals surface area contributed by atoms with Crippen molar-refractivity contribution in [1.29, 1.82) is 0 Å². The average molecular weight is 463 g/mol. The number of amides is 1. The van der Waals surface area contributed by atoms with Gasteiger partial charge in [0.1, 0.15) is 0 Å². The number of thiazole rings is 1. The molecule has 3 aromatic rings. The molecular weight excluding hydrogens is 439 g/mol. The van der Waals surface area contributed by atoms with Crippen molar-refractivity contribution in [2.45, 2.75) is 13.3 Å². The minimum atomic E-state index is -0.193. The van der Waals surface area contributed by atoms with E-state index in [0.29, 0.717) is 22.2 Å². The molecule has 5 nitrogen and oxygen atoms in total. The summed E-state index contributed by atoms with van der Waals surface area (Å²) in [5.74, 6) is -0.193. The molecule has 0 bridgehead atoms. The van der Waals surface area contributed by atoms with Gasteiger partial charge in [-0.2, -0.15) is 0 Å². The quantitative estimate of drug-likeness (QED) is 0.575. The zero-order valence-electron chi connectivity index (χ0n) is 16.8. The predicted molar refractivity (Wildman–Crippen MR) is 126 cm³/mol. The number of aromatic nitrogens is 1. The van der Waals surface area contributed by atoms with Crippen molar-refractivity contribution >= 4 is 55.8 Å². The fraction of sp³-hybridized carbons (Fsp3) is 0.364. The maximum atomic E-state index is 12.3. The molecular formula is C22H24Cl2N4OS. The Morgan fingerprint density at radius 1 is 1.13 bits per heavy atom. The van der Waals surface area contributed by atoms with Gasteiger partial charge in [0.25, 0.3) is 5.91 Å². The van der Waals surface area contributed by atoms with Crippen LogP contribution in [0.5, 0.6) is 0 Å². The Morgan fingerprint density at radius 3 is 2.70 bits per heavy atom. The number of carbonyl (C=O) groups excluding carboxylic acids is 1. The second-order valence-electron chi connectivity index (χ2n) is 7.36. The number of benzene rings is 2. The van der Waals surface area contributed by atoms with Gasteiger partial charge in [-0.05, 0) is 42.3 Å². The van der Waals surface area contributed by atoms with Crippen LogP contribution in [0.1, 0.15) is 22.8 Å². The Labute approximate surface area is 190 Å². The van der Waals surface area contributed by atoms with Crippen molar-refractivity contribution in [3.05, 3.63) is 57.6 Å². The van der Waals surface area contributed by atoms with E-state index in [-0.39, 0.29) is 5.91 Å². The van der Waals surface area contributed by atoms with Crippen LogP contribution in [-0.4, -0.2) is 55.1 Å². The van der Waals surface area contributed by atoms with Crippen molar-refractivity contribution in [3.8, 4) is 0 Å². The minimum Gasteiger partial charge on any atom is -0.351 e. The summed E-state index contributed by atoms with van der Waals surface area (Å²) < 4.78 is 1.26. The first-order valence-corrected chi connectivity index (χ1v) is 11.7. The number of nitrogens with one attached hydrogen (secondary N) is 1. The number of aryl methyl sites for hydroxylation is 1. The smallest absolute Gasteiger partial charge is 0.252 e. The van der Waals surface area contributed by atoms with E-state index in [4.69, 9.17) is 28.2 Å². The van der Waals surface area contributed by atoms with E-state index in [9.17, 15) is 4.79 Å². The van der Waals surface area contributed by atoms with E-state index in [1.165, 1.54) is 10.3 Å². The molecule has 1 saturated heterocycles. The van der Waals surface area contributed by atoms with Crippen LogP contribution in [0.25, 0.3) is 10.2 Å². The van der Waals surface area contributed by atoms with E-state index in [1.807, 2.05) is 0 Å². The van der Waals surface area contributed by atoms with E-state index >= 15 is 0 Å². The van der Waals surface area contributed by atoms with Gasteiger partial charge >= 0.3 is 0 Å². The highest BCUT2D eigenvalue weighted by molar-refractivity contribution is 7.22. The topological polar surface area (TPSA) is 48.5 Å². The first kappa shape index (κ1) is 21.4. The number of rotatable bonds is 6. The molecule has 0 unspecified atom stereocenters. The third-order valence-electron chi connectivity index (χ3n) is 5.38. The number of nitrogens with zero attached hydrogens (tertiary/aromatic N) is 3. The van der Waals surface area contributed by atoms with Gasteiger partial charge in [0.05, 0.1) is 20.8 Å². The molecule has 1 N–H and O–H groups in total. The molecule has 0 atom stereocenters. The van der Waals surface area contributed by atoms with Crippen LogP contribution >= 0.6 is 34.5 Å². The van der Waals surface area contributed by atoms with Gasteiger partial charge in [0.15, 0.2) is 5.13 Å². The van der Waals surface area contributed by atoms with Crippen LogP contribution in [0, 0.1) is 0 Å². The summed E-state index contributed by atoms with van der Waals surface area (Å²) in [6.07, 6.45) is 1.04. The SMILES string of the molecule is CCc1ccc2nc(N3CCN(CCNC(=O)c4cc(Cl)ccc4Cl)CC3)sc2c1. The van der Waals surface area contributed by atoms with Crippen molar-refractivity contribution in [2.24, 2.45) is 0 Å². The highest BCUT2D eigenvalue weighted by Gasteiger charge is 2.20. The van der Waals surface area contributed by atoms with E-state index in [1.54, 1.807) is 29.5 Å². The number of halogens is 2. The molecule has 8 heteroatoms. The molecule has 1 aliphatic heterocycles. The maximum Gasteiger partial charge on any atom is 0.252 e. The number of fused-ring (bicyclic) bond motifs is 1. The fourth-order valence-electron chi connectivity index (χ4n) is 3.57. The van der Waals surface area contributed by atoms with Crippen molar-refractivity contribution in [1.82, 2.24) is 15.2 Å². The minimum absolute atomic E-state index is 0.193. The number of hydrogen-bond acceptors (Lipinski definition) is 5. The molecule has 0 aliphatic carbocycles. The highest BCUT2D eigenvalue weighted by Crippen LogP contribution is 2.30. The Morgan fingerprint density at radius 2 is 1.93 bits per heavy atom. The lowest BCUT2D eigenvalue weighted by Crippen LogP contribution is -2.48. The van der Waals surface area contributed by atoms with Crippen molar-refractivity contribution in [2.75, 3.05) is 44.2 Å². The molecule has 1 fully saturated rings. The van der Waals surface area contributed by atoms with Gasteiger partial charge < -0.3 is 10.2 Å². The monoisotopic (exact) mass is 462 g/mol. The molecule has 1 amide bonds. The summed E-state index contributed by atoms with van der Waals surface area (Å²) in [4.78, 5) is 21.9. The standard InChI is InChI=1S/C22H24Cl2N4OS/c1-2-15-3-6-19-20(13-15)30-22(26-19)28-11-9-27(10-12-28)8-7-25-21(29)17-14-16(23)4-5-18(17)24/h3-6,13-14H,2,7-12H2,1H3,(H,25,29). The molecule has 0 saturated carbocycles. The Balaban J connectivity index is 1.27. The van der Waals surface area contributed by atoms with E-state index in [0.717, 1.165) is 49.8 Å². The lowest BCUT2D eigenvalue weighted by atomic mass is 10.2. The predicted octanol–water partition coefficient (Wildman–Crippen LogP) is 4.72. The van der Waals surface area contributed by atoms with Gasteiger partial charge in [-0.15, -0.1) is 0 Å². The summed E-state index contributed by atoms with van der Waals surface area (Å²) in [7, 11) is 0. The molecule has 2 heterocycles. The number of hydrogen-bond donors (Lipinski definition) is 1. The van der Waals surface area contributed by atoms with Gasteiger partial charge in [-0.1, -0.05) is 47.5 Å². The molecule has 0 radical (unpaired) electrons. The van der Waals surface area contributed by atoms with Crippen molar-refractivity contribution in [3.63, 3.8) is 0 Å². The molecule has 2 aromatic carbocycles. The van der Waals surface area contributed by atoms with Gasteiger partial charge in [0, 0.05) is 44.3 Å². The third kappa shape index (κ3) is 4.89. The fourth-order valence-corrected chi connectivity index (χ4v) is 5.03. The Kier molecular flexibility index (Phi) is 6.78. The number of anilines is 1. The second-order valence-corrected chi connectivity index (χ2v) is 9.21. The number of piperazine rings is 1. The Bertz CT molecular complexity index is 1050. The first-order chi connectivity index (χ1) is 14.5. The largest absolute Gasteiger partial charge is 0.351 e. The van der Waals surface area contributed by atoms with Crippen LogP contribution in [-0.2, 0) is 6.42 Å². The molecule has 0 spiro atoms. The lowest BCUT2D eigenvalue weighted by molar-refractivity contribution is 0.0948. The Hall–Kier alpha value is -1.86. The van der Waals surface area contributed by atoms with E-state index < -0.39 is 0 Å². The first-order valence-electron chi connectivity index (χ1n) is 10.1. The molecule has 1 aromatic heterocycles. The summed E-state index contributed by atoms with van der Waals surface area (Å²) in [5.41, 5.74) is 2.84. The highest BCUT2D eigenvalue weighted by atomic mass is 35.5. The lowest BCUT2D eigenvalue weighted by Gasteiger charge is -2.34. The van der Waals surface area contributed by atoms with Crippen LogP contribution in [0.15, 0.2) is 36.4 Å². The van der Waals surface area contributed by atoms with Gasteiger partial charge in [0.2, 0.25) is 0 Å². The zero-order chi connectivity index (χ0) is 21.1. The molecule has 1 aliphatic rings. The van der Waals surface area contributed by atoms with Crippen LogP contribution in [0.4, 0.5) is 5.13 Å². The van der Waals surface area contributed by atoms with Gasteiger partial charge in [-0.25, -0.2) is 4.98 Å². The summed E-state index contributed by atoms with van der Waals surface area (Å²) in [6, 6.07) is 11.5. The third-order valence-corrected chi connectivity index (χ3v) is 7.02. The second kappa shape index (κ2) is 9.52. The summed E-state index contributed by atoms with van der Waals surface area (Å²) >= 11 is 13.8.